The third-order valence-electron chi connectivity index (χ3n) is 3.34. The molecule has 0 aliphatic carbocycles. The van der Waals surface area contributed by atoms with Gasteiger partial charge in [0.05, 0.1) is 14.2 Å². The largest absolute Gasteiger partial charge is 0.497 e. The summed E-state index contributed by atoms with van der Waals surface area (Å²) in [7, 11) is 3.24. The first-order valence-electron chi connectivity index (χ1n) is 6.47. The first kappa shape index (κ1) is 13.2. The maximum absolute atomic E-state index is 11.2. The van der Waals surface area contributed by atoms with Gasteiger partial charge in [0.2, 0.25) is 0 Å². The Kier molecular flexibility index (Phi) is 3.36. The summed E-state index contributed by atoms with van der Waals surface area (Å²) in [5.41, 5.74) is 2.15. The molecule has 0 saturated heterocycles. The van der Waals surface area contributed by atoms with E-state index in [1.165, 1.54) is 6.07 Å². The lowest BCUT2D eigenvalue weighted by atomic mass is 10.0. The Morgan fingerprint density at radius 2 is 1.76 bits per heavy atom. The Morgan fingerprint density at radius 3 is 2.52 bits per heavy atom. The Balaban J connectivity index is 2.15. The smallest absolute Gasteiger partial charge is 0.336 e. The normalized spacial score (nSPS) is 10.6. The van der Waals surface area contributed by atoms with Crippen LogP contribution < -0.4 is 15.1 Å². The monoisotopic (exact) mass is 282 g/mol. The second kappa shape index (κ2) is 5.32. The molecule has 0 aliphatic rings. The van der Waals surface area contributed by atoms with Gasteiger partial charge in [-0.2, -0.15) is 0 Å². The van der Waals surface area contributed by atoms with Crippen LogP contribution in [0.3, 0.4) is 0 Å². The fourth-order valence-electron chi connectivity index (χ4n) is 2.28. The van der Waals surface area contributed by atoms with Gasteiger partial charge >= 0.3 is 5.63 Å². The topological polar surface area (TPSA) is 48.7 Å². The molecule has 4 heteroatoms. The van der Waals surface area contributed by atoms with Crippen LogP contribution in [-0.4, -0.2) is 14.2 Å². The number of ether oxygens (including phenoxy) is 2. The molecule has 2 aromatic carbocycles. The summed E-state index contributed by atoms with van der Waals surface area (Å²) in [5.74, 6) is 1.47. The summed E-state index contributed by atoms with van der Waals surface area (Å²) >= 11 is 0. The molecule has 0 spiro atoms. The van der Waals surface area contributed by atoms with Crippen LogP contribution >= 0.6 is 0 Å². The van der Waals surface area contributed by atoms with Gasteiger partial charge in [-0.05, 0) is 35.9 Å². The van der Waals surface area contributed by atoms with Gasteiger partial charge in [0, 0.05) is 23.1 Å². The van der Waals surface area contributed by atoms with Crippen molar-refractivity contribution in [2.24, 2.45) is 0 Å². The molecule has 0 amide bonds. The van der Waals surface area contributed by atoms with Crippen LogP contribution in [0, 0.1) is 0 Å². The lowest BCUT2D eigenvalue weighted by Gasteiger charge is -2.11. The van der Waals surface area contributed by atoms with E-state index in [2.05, 4.69) is 0 Å². The molecule has 4 nitrogen and oxygen atoms in total. The molecule has 1 aromatic heterocycles. The molecular formula is C17H14O4. The van der Waals surface area contributed by atoms with Gasteiger partial charge in [-0.1, -0.05) is 6.07 Å². The first-order chi connectivity index (χ1) is 10.2. The lowest BCUT2D eigenvalue weighted by molar-refractivity contribution is 0.395. The van der Waals surface area contributed by atoms with Crippen LogP contribution in [0.2, 0.25) is 0 Å². The lowest BCUT2D eigenvalue weighted by Crippen LogP contribution is -1.94. The zero-order valence-corrected chi connectivity index (χ0v) is 11.8. The van der Waals surface area contributed by atoms with Crippen LogP contribution in [0.5, 0.6) is 11.5 Å². The Labute approximate surface area is 121 Å². The molecule has 0 radical (unpaired) electrons. The molecule has 0 N–H and O–H groups in total. The van der Waals surface area contributed by atoms with Crippen LogP contribution in [-0.2, 0) is 0 Å². The fourth-order valence-corrected chi connectivity index (χ4v) is 2.28. The van der Waals surface area contributed by atoms with E-state index in [4.69, 9.17) is 13.9 Å². The van der Waals surface area contributed by atoms with Crippen molar-refractivity contribution in [2.45, 2.75) is 0 Å². The van der Waals surface area contributed by atoms with Crippen molar-refractivity contribution in [3.63, 3.8) is 0 Å². The van der Waals surface area contributed by atoms with Crippen molar-refractivity contribution in [2.75, 3.05) is 14.2 Å². The van der Waals surface area contributed by atoms with E-state index in [0.29, 0.717) is 5.58 Å². The number of fused-ring (bicyclic) bond motifs is 1. The molecule has 0 saturated carbocycles. The third kappa shape index (κ3) is 2.48. The Morgan fingerprint density at radius 1 is 0.905 bits per heavy atom. The summed E-state index contributed by atoms with van der Waals surface area (Å²) in [6.45, 7) is 0. The van der Waals surface area contributed by atoms with E-state index in [9.17, 15) is 4.79 Å². The van der Waals surface area contributed by atoms with Crippen molar-refractivity contribution in [1.82, 2.24) is 0 Å². The summed E-state index contributed by atoms with van der Waals surface area (Å²) in [5, 5.41) is 0.866. The highest BCUT2D eigenvalue weighted by molar-refractivity contribution is 5.84. The average molecular weight is 282 g/mol. The SMILES string of the molecule is COc1ccc(-c2ccc3oc(=O)ccc3c2)c(OC)c1. The van der Waals surface area contributed by atoms with E-state index in [1.807, 2.05) is 30.3 Å². The summed E-state index contributed by atoms with van der Waals surface area (Å²) in [4.78, 5) is 11.2. The quantitative estimate of drug-likeness (QED) is 0.690. The van der Waals surface area contributed by atoms with Crippen LogP contribution in [0.4, 0.5) is 0 Å². The standard InChI is InChI=1S/C17H14O4/c1-19-13-5-6-14(16(10-13)20-2)11-3-7-15-12(9-11)4-8-17(18)21-15/h3-10H,1-2H3. The van der Waals surface area contributed by atoms with Crippen molar-refractivity contribution < 1.29 is 13.9 Å². The molecule has 0 fully saturated rings. The highest BCUT2D eigenvalue weighted by atomic mass is 16.5. The van der Waals surface area contributed by atoms with E-state index in [-0.39, 0.29) is 5.63 Å². The van der Waals surface area contributed by atoms with Crippen molar-refractivity contribution >= 4 is 11.0 Å². The van der Waals surface area contributed by atoms with Gasteiger partial charge in [-0.15, -0.1) is 0 Å². The van der Waals surface area contributed by atoms with Gasteiger partial charge in [0.15, 0.2) is 0 Å². The molecular weight excluding hydrogens is 268 g/mol. The highest BCUT2D eigenvalue weighted by Crippen LogP contribution is 2.34. The van der Waals surface area contributed by atoms with E-state index in [0.717, 1.165) is 28.0 Å². The molecule has 21 heavy (non-hydrogen) atoms. The second-order valence-electron chi connectivity index (χ2n) is 4.57. The van der Waals surface area contributed by atoms with Gasteiger partial charge in [0.25, 0.3) is 0 Å². The molecule has 0 unspecified atom stereocenters. The van der Waals surface area contributed by atoms with E-state index < -0.39 is 0 Å². The second-order valence-corrected chi connectivity index (χ2v) is 4.57. The summed E-state index contributed by atoms with van der Waals surface area (Å²) in [6, 6.07) is 14.5. The summed E-state index contributed by atoms with van der Waals surface area (Å²) < 4.78 is 15.8. The predicted molar refractivity (Wildman–Crippen MR) is 81.0 cm³/mol. The van der Waals surface area contributed by atoms with Crippen LogP contribution in [0.15, 0.2) is 57.7 Å². The minimum atomic E-state index is -0.350. The van der Waals surface area contributed by atoms with Gasteiger partial charge in [-0.3, -0.25) is 0 Å². The van der Waals surface area contributed by atoms with E-state index in [1.54, 1.807) is 26.4 Å². The average Bonchev–Trinajstić information content (AvgIpc) is 2.53. The van der Waals surface area contributed by atoms with Gasteiger partial charge < -0.3 is 13.9 Å². The van der Waals surface area contributed by atoms with Crippen molar-refractivity contribution in [1.29, 1.82) is 0 Å². The zero-order valence-electron chi connectivity index (χ0n) is 11.8. The maximum Gasteiger partial charge on any atom is 0.336 e. The van der Waals surface area contributed by atoms with Crippen LogP contribution in [0.1, 0.15) is 0 Å². The Hall–Kier alpha value is -2.75. The Bertz CT molecular complexity index is 849. The molecule has 0 bridgehead atoms. The van der Waals surface area contributed by atoms with Gasteiger partial charge in [-0.25, -0.2) is 4.79 Å². The number of rotatable bonds is 3. The molecule has 3 rings (SSSR count). The molecule has 1 heterocycles. The predicted octanol–water partition coefficient (Wildman–Crippen LogP) is 3.48. The third-order valence-corrected chi connectivity index (χ3v) is 3.34. The number of methoxy groups -OCH3 is 2. The maximum atomic E-state index is 11.2. The van der Waals surface area contributed by atoms with E-state index >= 15 is 0 Å². The fraction of sp³-hybridized carbons (Fsp3) is 0.118. The van der Waals surface area contributed by atoms with Crippen LogP contribution in [0.25, 0.3) is 22.1 Å². The molecule has 106 valence electrons. The van der Waals surface area contributed by atoms with Crippen molar-refractivity contribution in [3.05, 3.63) is 59.0 Å². The molecule has 0 aliphatic heterocycles. The van der Waals surface area contributed by atoms with Gasteiger partial charge in [0.1, 0.15) is 17.1 Å². The zero-order chi connectivity index (χ0) is 14.8. The first-order valence-corrected chi connectivity index (χ1v) is 6.47. The van der Waals surface area contributed by atoms with Crippen molar-refractivity contribution in [3.8, 4) is 22.6 Å². The minimum Gasteiger partial charge on any atom is -0.497 e. The minimum absolute atomic E-state index is 0.350. The number of hydrogen-bond acceptors (Lipinski definition) is 4. The number of hydrogen-bond donors (Lipinski definition) is 0. The summed E-state index contributed by atoms with van der Waals surface area (Å²) in [6.07, 6.45) is 0. The molecule has 0 atom stereocenters. The molecule has 3 aromatic rings. The number of benzene rings is 2. The highest BCUT2D eigenvalue weighted by Gasteiger charge is 2.08.